The van der Waals surface area contributed by atoms with Crippen LogP contribution in [0.2, 0.25) is 0 Å². The van der Waals surface area contributed by atoms with Gasteiger partial charge in [0.1, 0.15) is 0 Å². The number of nitrogens with one attached hydrogen (secondary N) is 2. The van der Waals surface area contributed by atoms with E-state index in [1.54, 1.807) is 11.3 Å². The molecule has 0 bridgehead atoms. The Hall–Kier alpha value is -0.910. The molecule has 0 amide bonds. The van der Waals surface area contributed by atoms with Crippen LogP contribution >= 0.6 is 11.3 Å². The Morgan fingerprint density at radius 3 is 2.88 bits per heavy atom. The van der Waals surface area contributed by atoms with Gasteiger partial charge in [-0.05, 0) is 17.9 Å². The van der Waals surface area contributed by atoms with Gasteiger partial charge in [0, 0.05) is 24.0 Å². The van der Waals surface area contributed by atoms with Gasteiger partial charge in [-0.15, -0.1) is 11.3 Å². The summed E-state index contributed by atoms with van der Waals surface area (Å²) in [6.07, 6.45) is 1.16. The van der Waals surface area contributed by atoms with E-state index < -0.39 is 5.97 Å². The fourth-order valence-corrected chi connectivity index (χ4v) is 3.09. The largest absolute Gasteiger partial charge is 0.481 e. The van der Waals surface area contributed by atoms with Crippen LogP contribution in [0.3, 0.4) is 0 Å². The predicted molar refractivity (Wildman–Crippen MR) is 68.3 cm³/mol. The Morgan fingerprint density at radius 2 is 2.47 bits per heavy atom. The maximum atomic E-state index is 10.9. The molecule has 3 N–H and O–H groups in total. The summed E-state index contributed by atoms with van der Waals surface area (Å²) in [5.74, 6) is -0.736. The SMILES string of the molecule is CCC(NC1(CC(=O)O)CNC1)c1cccs1. The summed E-state index contributed by atoms with van der Waals surface area (Å²) < 4.78 is 0. The third-order valence-corrected chi connectivity index (χ3v) is 4.18. The number of hydrogen-bond acceptors (Lipinski definition) is 4. The van der Waals surface area contributed by atoms with Crippen LogP contribution in [0.1, 0.15) is 30.7 Å². The summed E-state index contributed by atoms with van der Waals surface area (Å²) in [5.41, 5.74) is -0.267. The van der Waals surface area contributed by atoms with Gasteiger partial charge in [-0.2, -0.15) is 0 Å². The second-order valence-electron chi connectivity index (χ2n) is 4.57. The van der Waals surface area contributed by atoms with Crippen LogP contribution in [0.5, 0.6) is 0 Å². The summed E-state index contributed by atoms with van der Waals surface area (Å²) in [4.78, 5) is 12.2. The number of carboxylic acids is 1. The lowest BCUT2D eigenvalue weighted by Gasteiger charge is -2.44. The highest BCUT2D eigenvalue weighted by atomic mass is 32.1. The van der Waals surface area contributed by atoms with Crippen LogP contribution in [0.25, 0.3) is 0 Å². The summed E-state index contributed by atoms with van der Waals surface area (Å²) in [7, 11) is 0. The van der Waals surface area contributed by atoms with Crippen LogP contribution in [-0.4, -0.2) is 29.7 Å². The van der Waals surface area contributed by atoms with Crippen molar-refractivity contribution in [3.05, 3.63) is 22.4 Å². The molecule has 0 aromatic carbocycles. The molecule has 0 aliphatic carbocycles. The first-order chi connectivity index (χ1) is 8.15. The molecule has 4 nitrogen and oxygen atoms in total. The van der Waals surface area contributed by atoms with Crippen LogP contribution in [0.4, 0.5) is 0 Å². The molecule has 17 heavy (non-hydrogen) atoms. The molecular weight excluding hydrogens is 236 g/mol. The minimum atomic E-state index is -0.736. The van der Waals surface area contributed by atoms with Crippen LogP contribution < -0.4 is 10.6 Å². The third kappa shape index (κ3) is 2.86. The molecule has 2 heterocycles. The summed E-state index contributed by atoms with van der Waals surface area (Å²) >= 11 is 1.72. The molecule has 0 spiro atoms. The molecule has 1 aromatic rings. The Morgan fingerprint density at radius 1 is 1.71 bits per heavy atom. The van der Waals surface area contributed by atoms with Gasteiger partial charge in [0.25, 0.3) is 0 Å². The van der Waals surface area contributed by atoms with Crippen LogP contribution in [0, 0.1) is 0 Å². The van der Waals surface area contributed by atoms with E-state index in [1.165, 1.54) is 4.88 Å². The van der Waals surface area contributed by atoms with E-state index in [0.29, 0.717) is 0 Å². The van der Waals surface area contributed by atoms with Crippen molar-refractivity contribution in [3.63, 3.8) is 0 Å². The number of rotatable bonds is 6. The van der Waals surface area contributed by atoms with Gasteiger partial charge in [-0.1, -0.05) is 13.0 Å². The predicted octanol–water partition coefficient (Wildman–Crippen LogP) is 1.61. The average Bonchev–Trinajstić information content (AvgIpc) is 2.74. The van der Waals surface area contributed by atoms with E-state index >= 15 is 0 Å². The van der Waals surface area contributed by atoms with E-state index in [9.17, 15) is 4.79 Å². The van der Waals surface area contributed by atoms with Gasteiger partial charge in [-0.3, -0.25) is 4.79 Å². The van der Waals surface area contributed by atoms with Gasteiger partial charge in [0.2, 0.25) is 0 Å². The monoisotopic (exact) mass is 254 g/mol. The van der Waals surface area contributed by atoms with Crippen molar-refractivity contribution >= 4 is 17.3 Å². The fraction of sp³-hybridized carbons (Fsp3) is 0.583. The average molecular weight is 254 g/mol. The zero-order valence-electron chi connectivity index (χ0n) is 9.90. The highest BCUT2D eigenvalue weighted by Gasteiger charge is 2.40. The number of aliphatic carboxylic acids is 1. The van der Waals surface area contributed by atoms with Crippen LogP contribution in [-0.2, 0) is 4.79 Å². The molecule has 1 saturated heterocycles. The zero-order chi connectivity index (χ0) is 12.3. The number of thiophene rings is 1. The topological polar surface area (TPSA) is 61.4 Å². The summed E-state index contributed by atoms with van der Waals surface area (Å²) in [6.45, 7) is 3.60. The van der Waals surface area contributed by atoms with E-state index in [4.69, 9.17) is 5.11 Å². The molecule has 2 rings (SSSR count). The van der Waals surface area contributed by atoms with Crippen molar-refractivity contribution in [2.24, 2.45) is 0 Å². The van der Waals surface area contributed by atoms with Crippen molar-refractivity contribution in [2.75, 3.05) is 13.1 Å². The Labute approximate surface area is 105 Å². The first-order valence-electron chi connectivity index (χ1n) is 5.89. The molecule has 1 unspecified atom stereocenters. The molecule has 1 fully saturated rings. The zero-order valence-corrected chi connectivity index (χ0v) is 10.7. The first-order valence-corrected chi connectivity index (χ1v) is 6.77. The highest BCUT2D eigenvalue weighted by Crippen LogP contribution is 2.27. The van der Waals surface area contributed by atoms with E-state index in [2.05, 4.69) is 29.0 Å². The van der Waals surface area contributed by atoms with Crippen molar-refractivity contribution in [2.45, 2.75) is 31.3 Å². The number of carboxylic acid groups (broad SMARTS) is 1. The Bertz CT molecular complexity index is 374. The quantitative estimate of drug-likeness (QED) is 0.721. The lowest BCUT2D eigenvalue weighted by molar-refractivity contribution is -0.139. The maximum absolute atomic E-state index is 10.9. The standard InChI is InChI=1S/C12H18N2O2S/c1-2-9(10-4-3-5-17-10)14-12(6-11(15)16)7-13-8-12/h3-5,9,13-14H,2,6-8H2,1H3,(H,15,16). The minimum absolute atomic E-state index is 0.182. The lowest BCUT2D eigenvalue weighted by Crippen LogP contribution is -2.68. The van der Waals surface area contributed by atoms with Crippen molar-refractivity contribution in [1.82, 2.24) is 10.6 Å². The molecule has 94 valence electrons. The van der Waals surface area contributed by atoms with Gasteiger partial charge in [-0.25, -0.2) is 0 Å². The second kappa shape index (κ2) is 5.16. The Kier molecular flexibility index (Phi) is 3.81. The van der Waals surface area contributed by atoms with Crippen LogP contribution in [0.15, 0.2) is 17.5 Å². The van der Waals surface area contributed by atoms with Gasteiger partial charge in [0.05, 0.1) is 12.0 Å². The summed E-state index contributed by atoms with van der Waals surface area (Å²) in [6, 6.07) is 4.40. The van der Waals surface area contributed by atoms with Gasteiger partial charge < -0.3 is 15.7 Å². The molecule has 1 atom stereocenters. The van der Waals surface area contributed by atoms with Crippen molar-refractivity contribution < 1.29 is 9.90 Å². The molecule has 0 radical (unpaired) electrons. The summed E-state index contributed by atoms with van der Waals surface area (Å²) in [5, 5.41) is 17.7. The molecule has 5 heteroatoms. The fourth-order valence-electron chi connectivity index (χ4n) is 2.23. The Balaban J connectivity index is 2.04. The van der Waals surface area contributed by atoms with Gasteiger partial charge >= 0.3 is 5.97 Å². The van der Waals surface area contributed by atoms with Crippen molar-refractivity contribution in [1.29, 1.82) is 0 Å². The lowest BCUT2D eigenvalue weighted by atomic mass is 9.87. The maximum Gasteiger partial charge on any atom is 0.305 e. The van der Waals surface area contributed by atoms with E-state index in [-0.39, 0.29) is 18.0 Å². The minimum Gasteiger partial charge on any atom is -0.481 e. The molecule has 0 saturated carbocycles. The smallest absolute Gasteiger partial charge is 0.305 e. The normalized spacial score (nSPS) is 19.6. The molecule has 1 aliphatic heterocycles. The van der Waals surface area contributed by atoms with Gasteiger partial charge in [0.15, 0.2) is 0 Å². The molecule has 1 aromatic heterocycles. The van der Waals surface area contributed by atoms with E-state index in [1.807, 2.05) is 6.07 Å². The number of carbonyl (C=O) groups is 1. The van der Waals surface area contributed by atoms with E-state index in [0.717, 1.165) is 19.5 Å². The first kappa shape index (κ1) is 12.5. The molecular formula is C12H18N2O2S. The third-order valence-electron chi connectivity index (χ3n) is 3.19. The highest BCUT2D eigenvalue weighted by molar-refractivity contribution is 7.10. The second-order valence-corrected chi connectivity index (χ2v) is 5.55. The number of hydrogen-bond donors (Lipinski definition) is 3. The van der Waals surface area contributed by atoms with Crippen molar-refractivity contribution in [3.8, 4) is 0 Å². The molecule has 1 aliphatic rings.